The minimum absolute atomic E-state index is 0.0196. The van der Waals surface area contributed by atoms with Crippen molar-refractivity contribution in [3.63, 3.8) is 0 Å². The monoisotopic (exact) mass is 257 g/mol. The van der Waals surface area contributed by atoms with E-state index in [0.29, 0.717) is 12.5 Å². The number of nitrogens with zero attached hydrogens (tertiary/aromatic N) is 1. The van der Waals surface area contributed by atoms with Crippen molar-refractivity contribution in [1.29, 1.82) is 0 Å². The first-order valence-corrected chi connectivity index (χ1v) is 6.69. The van der Waals surface area contributed by atoms with E-state index in [4.69, 9.17) is 10.5 Å². The molecule has 5 heteroatoms. The summed E-state index contributed by atoms with van der Waals surface area (Å²) in [5, 5.41) is 2.75. The highest BCUT2D eigenvalue weighted by Crippen LogP contribution is 2.18. The van der Waals surface area contributed by atoms with Gasteiger partial charge in [-0.05, 0) is 59.7 Å². The largest absolute Gasteiger partial charge is 0.444 e. The average Bonchev–Trinajstić information content (AvgIpc) is 2.24. The van der Waals surface area contributed by atoms with Gasteiger partial charge in [0.1, 0.15) is 5.60 Å². The maximum absolute atomic E-state index is 11.5. The van der Waals surface area contributed by atoms with E-state index in [0.717, 1.165) is 25.9 Å². The van der Waals surface area contributed by atoms with Crippen LogP contribution in [0.2, 0.25) is 0 Å². The van der Waals surface area contributed by atoms with Crippen molar-refractivity contribution >= 4 is 6.09 Å². The standard InChI is InChI=1S/C13H27N3O2/c1-13(2,3)18-12(17)15-9-11(14)10-5-7-16(4)8-6-10/h10-11H,5-9,14H2,1-4H3,(H,15,17). The number of likely N-dealkylation sites (tertiary alicyclic amines) is 1. The van der Waals surface area contributed by atoms with Crippen molar-refractivity contribution in [1.82, 2.24) is 10.2 Å². The Morgan fingerprint density at radius 2 is 2.00 bits per heavy atom. The third kappa shape index (κ3) is 5.69. The maximum Gasteiger partial charge on any atom is 0.407 e. The third-order valence-corrected chi connectivity index (χ3v) is 3.25. The van der Waals surface area contributed by atoms with Crippen LogP contribution in [0.5, 0.6) is 0 Å². The lowest BCUT2D eigenvalue weighted by atomic mass is 9.90. The Bertz CT molecular complexity index is 268. The molecular weight excluding hydrogens is 230 g/mol. The Balaban J connectivity index is 2.24. The zero-order chi connectivity index (χ0) is 13.8. The van der Waals surface area contributed by atoms with Gasteiger partial charge in [-0.15, -0.1) is 0 Å². The fourth-order valence-corrected chi connectivity index (χ4v) is 2.14. The number of hydrogen-bond donors (Lipinski definition) is 2. The van der Waals surface area contributed by atoms with E-state index < -0.39 is 5.60 Å². The molecule has 5 nitrogen and oxygen atoms in total. The summed E-state index contributed by atoms with van der Waals surface area (Å²) in [5.41, 5.74) is 5.66. The van der Waals surface area contributed by atoms with E-state index in [1.165, 1.54) is 0 Å². The lowest BCUT2D eigenvalue weighted by molar-refractivity contribution is 0.0518. The molecule has 3 N–H and O–H groups in total. The Hall–Kier alpha value is -0.810. The number of nitrogens with one attached hydrogen (secondary N) is 1. The van der Waals surface area contributed by atoms with Gasteiger partial charge in [0.25, 0.3) is 0 Å². The molecule has 0 radical (unpaired) electrons. The van der Waals surface area contributed by atoms with Crippen LogP contribution in [-0.2, 0) is 4.74 Å². The molecular formula is C13H27N3O2. The van der Waals surface area contributed by atoms with Gasteiger partial charge >= 0.3 is 6.09 Å². The molecule has 1 saturated heterocycles. The fraction of sp³-hybridized carbons (Fsp3) is 0.923. The van der Waals surface area contributed by atoms with Gasteiger partial charge in [-0.1, -0.05) is 0 Å². The highest BCUT2D eigenvalue weighted by Gasteiger charge is 2.23. The van der Waals surface area contributed by atoms with Crippen LogP contribution in [0, 0.1) is 5.92 Å². The summed E-state index contributed by atoms with van der Waals surface area (Å²) in [6.45, 7) is 8.22. The second-order valence-corrected chi connectivity index (χ2v) is 6.19. The van der Waals surface area contributed by atoms with Crippen LogP contribution < -0.4 is 11.1 Å². The molecule has 1 fully saturated rings. The molecule has 1 rings (SSSR count). The molecule has 18 heavy (non-hydrogen) atoms. The van der Waals surface area contributed by atoms with E-state index in [-0.39, 0.29) is 12.1 Å². The molecule has 106 valence electrons. The fourth-order valence-electron chi connectivity index (χ4n) is 2.14. The molecule has 1 aliphatic rings. The van der Waals surface area contributed by atoms with Crippen molar-refractivity contribution in [2.24, 2.45) is 11.7 Å². The first-order chi connectivity index (χ1) is 8.28. The number of rotatable bonds is 3. The quantitative estimate of drug-likeness (QED) is 0.796. The minimum Gasteiger partial charge on any atom is -0.444 e. The third-order valence-electron chi connectivity index (χ3n) is 3.25. The van der Waals surface area contributed by atoms with E-state index >= 15 is 0 Å². The zero-order valence-corrected chi connectivity index (χ0v) is 12.0. The summed E-state index contributed by atoms with van der Waals surface area (Å²) in [5.74, 6) is 0.496. The summed E-state index contributed by atoms with van der Waals surface area (Å²) in [7, 11) is 2.13. The SMILES string of the molecule is CN1CCC(C(N)CNC(=O)OC(C)(C)C)CC1. The summed E-state index contributed by atoms with van der Waals surface area (Å²) in [4.78, 5) is 13.8. The number of hydrogen-bond acceptors (Lipinski definition) is 4. The number of carbonyl (C=O) groups excluding carboxylic acids is 1. The molecule has 0 aliphatic carbocycles. The molecule has 1 unspecified atom stereocenters. The van der Waals surface area contributed by atoms with E-state index in [1.54, 1.807) is 0 Å². The van der Waals surface area contributed by atoms with Crippen LogP contribution in [0.25, 0.3) is 0 Å². The lowest BCUT2D eigenvalue weighted by Crippen LogP contribution is -2.46. The van der Waals surface area contributed by atoms with E-state index in [2.05, 4.69) is 17.3 Å². The van der Waals surface area contributed by atoms with Gasteiger partial charge < -0.3 is 20.7 Å². The Kier molecular flexibility index (Phi) is 5.41. The molecule has 1 amide bonds. The summed E-state index contributed by atoms with van der Waals surface area (Å²) >= 11 is 0. The summed E-state index contributed by atoms with van der Waals surface area (Å²) in [6, 6.07) is 0.0196. The molecule has 0 aromatic rings. The summed E-state index contributed by atoms with van der Waals surface area (Å²) < 4.78 is 5.18. The Morgan fingerprint density at radius 3 is 2.50 bits per heavy atom. The second kappa shape index (κ2) is 6.38. The van der Waals surface area contributed by atoms with E-state index in [1.807, 2.05) is 20.8 Å². The Labute approximate surface area is 110 Å². The number of carbonyl (C=O) groups is 1. The molecule has 0 saturated carbocycles. The number of ether oxygens (including phenoxy) is 1. The molecule has 0 spiro atoms. The topological polar surface area (TPSA) is 67.6 Å². The number of nitrogens with two attached hydrogens (primary N) is 1. The molecule has 0 aromatic carbocycles. The molecule has 0 bridgehead atoms. The molecule has 1 atom stereocenters. The van der Waals surface area contributed by atoms with E-state index in [9.17, 15) is 4.79 Å². The van der Waals surface area contributed by atoms with Gasteiger partial charge in [0.2, 0.25) is 0 Å². The zero-order valence-electron chi connectivity index (χ0n) is 12.0. The predicted octanol–water partition coefficient (Wildman–Crippen LogP) is 1.18. The first-order valence-electron chi connectivity index (χ1n) is 6.69. The van der Waals surface area contributed by atoms with Gasteiger partial charge in [-0.3, -0.25) is 0 Å². The Morgan fingerprint density at radius 1 is 1.44 bits per heavy atom. The number of amides is 1. The molecule has 0 aromatic heterocycles. The lowest BCUT2D eigenvalue weighted by Gasteiger charge is -2.32. The van der Waals surface area contributed by atoms with Crippen LogP contribution in [-0.4, -0.2) is 49.3 Å². The van der Waals surface area contributed by atoms with Crippen molar-refractivity contribution in [3.05, 3.63) is 0 Å². The van der Waals surface area contributed by atoms with Crippen LogP contribution in [0.1, 0.15) is 33.6 Å². The second-order valence-electron chi connectivity index (χ2n) is 6.19. The smallest absolute Gasteiger partial charge is 0.407 e. The van der Waals surface area contributed by atoms with Crippen molar-refractivity contribution < 1.29 is 9.53 Å². The van der Waals surface area contributed by atoms with Crippen LogP contribution >= 0.6 is 0 Å². The van der Waals surface area contributed by atoms with Gasteiger partial charge in [0, 0.05) is 12.6 Å². The normalized spacial score (nSPS) is 20.5. The van der Waals surface area contributed by atoms with Gasteiger partial charge in [-0.25, -0.2) is 4.79 Å². The van der Waals surface area contributed by atoms with Crippen LogP contribution in [0.3, 0.4) is 0 Å². The van der Waals surface area contributed by atoms with Gasteiger partial charge in [0.15, 0.2) is 0 Å². The predicted molar refractivity (Wildman–Crippen MR) is 72.4 cm³/mol. The van der Waals surface area contributed by atoms with Gasteiger partial charge in [0.05, 0.1) is 0 Å². The van der Waals surface area contributed by atoms with Crippen LogP contribution in [0.15, 0.2) is 0 Å². The van der Waals surface area contributed by atoms with Crippen LogP contribution in [0.4, 0.5) is 4.79 Å². The number of piperidine rings is 1. The highest BCUT2D eigenvalue weighted by molar-refractivity contribution is 5.67. The molecule has 1 heterocycles. The minimum atomic E-state index is -0.457. The highest BCUT2D eigenvalue weighted by atomic mass is 16.6. The summed E-state index contributed by atoms with van der Waals surface area (Å²) in [6.07, 6.45) is 1.83. The average molecular weight is 257 g/mol. The maximum atomic E-state index is 11.5. The van der Waals surface area contributed by atoms with Crippen molar-refractivity contribution in [3.8, 4) is 0 Å². The molecule has 1 aliphatic heterocycles. The van der Waals surface area contributed by atoms with Crippen molar-refractivity contribution in [2.45, 2.75) is 45.3 Å². The first kappa shape index (κ1) is 15.2. The van der Waals surface area contributed by atoms with Gasteiger partial charge in [-0.2, -0.15) is 0 Å². The number of alkyl carbamates (subject to hydrolysis) is 1. The van der Waals surface area contributed by atoms with Crippen molar-refractivity contribution in [2.75, 3.05) is 26.7 Å².